The van der Waals surface area contributed by atoms with Crippen molar-refractivity contribution in [3.63, 3.8) is 0 Å². The average molecular weight is 346 g/mol. The van der Waals surface area contributed by atoms with Crippen LogP contribution in [0.5, 0.6) is 5.75 Å². The quantitative estimate of drug-likeness (QED) is 0.842. The molecular weight excluding hydrogens is 316 g/mol. The van der Waals surface area contributed by atoms with Crippen LogP contribution in [0.25, 0.3) is 0 Å². The molecule has 0 saturated carbocycles. The number of carbonyl (C=O) groups is 2. The molecular formula is C20H30N2O3. The van der Waals surface area contributed by atoms with E-state index in [1.165, 1.54) is 0 Å². The van der Waals surface area contributed by atoms with Crippen LogP contribution < -0.4 is 4.74 Å². The molecule has 1 fully saturated rings. The third-order valence-corrected chi connectivity index (χ3v) is 4.70. The molecule has 0 bridgehead atoms. The number of hydrogen-bond acceptors (Lipinski definition) is 3. The van der Waals surface area contributed by atoms with Crippen LogP contribution in [0.1, 0.15) is 51.2 Å². The lowest BCUT2D eigenvalue weighted by molar-refractivity contribution is -0.138. The molecule has 0 N–H and O–H groups in total. The van der Waals surface area contributed by atoms with E-state index in [2.05, 4.69) is 26.0 Å². The summed E-state index contributed by atoms with van der Waals surface area (Å²) in [7, 11) is 0. The molecule has 2 amide bonds. The van der Waals surface area contributed by atoms with Crippen LogP contribution in [0, 0.1) is 6.92 Å². The predicted molar refractivity (Wildman–Crippen MR) is 98.8 cm³/mol. The van der Waals surface area contributed by atoms with Gasteiger partial charge in [0.25, 0.3) is 5.91 Å². The topological polar surface area (TPSA) is 49.9 Å². The Morgan fingerprint density at radius 3 is 2.32 bits per heavy atom. The Morgan fingerprint density at radius 1 is 1.04 bits per heavy atom. The van der Waals surface area contributed by atoms with Crippen molar-refractivity contribution in [1.29, 1.82) is 0 Å². The van der Waals surface area contributed by atoms with Crippen LogP contribution in [-0.4, -0.2) is 53.9 Å². The number of hydrogen-bond donors (Lipinski definition) is 0. The first-order chi connectivity index (χ1) is 11.8. The lowest BCUT2D eigenvalue weighted by Gasteiger charge is -2.26. The maximum atomic E-state index is 12.8. The maximum absolute atomic E-state index is 12.8. The summed E-state index contributed by atoms with van der Waals surface area (Å²) in [4.78, 5) is 27.9. The van der Waals surface area contributed by atoms with Crippen LogP contribution in [0.2, 0.25) is 0 Å². The maximum Gasteiger partial charge on any atom is 0.263 e. The minimum Gasteiger partial charge on any atom is -0.481 e. The van der Waals surface area contributed by atoms with Gasteiger partial charge < -0.3 is 14.5 Å². The van der Waals surface area contributed by atoms with Crippen LogP contribution in [-0.2, 0) is 9.59 Å². The molecule has 138 valence electrons. The van der Waals surface area contributed by atoms with Gasteiger partial charge in [0.15, 0.2) is 6.10 Å². The van der Waals surface area contributed by atoms with Crippen molar-refractivity contribution >= 4 is 11.8 Å². The highest BCUT2D eigenvalue weighted by atomic mass is 16.5. The summed E-state index contributed by atoms with van der Waals surface area (Å²) >= 11 is 0. The van der Waals surface area contributed by atoms with E-state index < -0.39 is 6.10 Å². The van der Waals surface area contributed by atoms with E-state index in [0.717, 1.165) is 23.3 Å². The lowest BCUT2D eigenvalue weighted by atomic mass is 10.0. The van der Waals surface area contributed by atoms with E-state index in [9.17, 15) is 9.59 Å². The second kappa shape index (κ2) is 8.37. The highest BCUT2D eigenvalue weighted by Gasteiger charge is 2.26. The Morgan fingerprint density at radius 2 is 1.68 bits per heavy atom. The lowest BCUT2D eigenvalue weighted by Crippen LogP contribution is -2.42. The second-order valence-electron chi connectivity index (χ2n) is 7.14. The van der Waals surface area contributed by atoms with Gasteiger partial charge >= 0.3 is 0 Å². The average Bonchev–Trinajstić information content (AvgIpc) is 2.80. The van der Waals surface area contributed by atoms with Crippen molar-refractivity contribution in [2.24, 2.45) is 0 Å². The SMILES string of the molecule is CC(=O)N1CCCN(C(=O)[C@H](C)Oc2cc(C)ccc2C(C)C)CC1. The first-order valence-corrected chi connectivity index (χ1v) is 9.11. The molecule has 5 nitrogen and oxygen atoms in total. The largest absolute Gasteiger partial charge is 0.481 e. The highest BCUT2D eigenvalue weighted by Crippen LogP contribution is 2.28. The molecule has 0 spiro atoms. The molecule has 0 aromatic heterocycles. The number of nitrogens with zero attached hydrogens (tertiary/aromatic N) is 2. The standard InChI is InChI=1S/C20H30N2O3/c1-14(2)18-8-7-15(3)13-19(18)25-16(4)20(24)22-10-6-9-21(11-12-22)17(5)23/h7-8,13-14,16H,6,9-12H2,1-5H3/t16-/m0/s1. The van der Waals surface area contributed by atoms with Gasteiger partial charge in [-0.15, -0.1) is 0 Å². The summed E-state index contributed by atoms with van der Waals surface area (Å²) in [6.45, 7) is 12.2. The minimum atomic E-state index is -0.539. The Labute approximate surface area is 150 Å². The number of carbonyl (C=O) groups excluding carboxylic acids is 2. The van der Waals surface area contributed by atoms with Crippen LogP contribution in [0.3, 0.4) is 0 Å². The second-order valence-corrected chi connectivity index (χ2v) is 7.14. The third kappa shape index (κ3) is 4.97. The van der Waals surface area contributed by atoms with Crippen molar-refractivity contribution in [2.45, 2.75) is 53.1 Å². The fourth-order valence-corrected chi connectivity index (χ4v) is 3.17. The Balaban J connectivity index is 2.05. The summed E-state index contributed by atoms with van der Waals surface area (Å²) in [5.41, 5.74) is 2.23. The summed E-state index contributed by atoms with van der Waals surface area (Å²) in [5, 5.41) is 0. The molecule has 1 aliphatic heterocycles. The molecule has 1 atom stereocenters. The summed E-state index contributed by atoms with van der Waals surface area (Å²) < 4.78 is 6.05. The van der Waals surface area contributed by atoms with Gasteiger partial charge in [0, 0.05) is 33.1 Å². The molecule has 1 heterocycles. The Hall–Kier alpha value is -2.04. The number of benzene rings is 1. The zero-order valence-electron chi connectivity index (χ0n) is 16.0. The van der Waals surface area contributed by atoms with E-state index in [1.54, 1.807) is 11.8 Å². The summed E-state index contributed by atoms with van der Waals surface area (Å²) in [6.07, 6.45) is 0.267. The van der Waals surface area contributed by atoms with Gasteiger partial charge in [-0.3, -0.25) is 9.59 Å². The number of amides is 2. The highest BCUT2D eigenvalue weighted by molar-refractivity contribution is 5.81. The smallest absolute Gasteiger partial charge is 0.263 e. The Bertz CT molecular complexity index is 627. The number of aryl methyl sites for hydroxylation is 1. The molecule has 0 aliphatic carbocycles. The van der Waals surface area contributed by atoms with Gasteiger partial charge in [-0.25, -0.2) is 0 Å². The number of rotatable bonds is 4. The van der Waals surface area contributed by atoms with Gasteiger partial charge in [-0.1, -0.05) is 26.0 Å². The van der Waals surface area contributed by atoms with Crippen molar-refractivity contribution in [3.05, 3.63) is 29.3 Å². The zero-order chi connectivity index (χ0) is 18.6. The van der Waals surface area contributed by atoms with Crippen molar-refractivity contribution < 1.29 is 14.3 Å². The first-order valence-electron chi connectivity index (χ1n) is 9.11. The van der Waals surface area contributed by atoms with E-state index in [0.29, 0.717) is 32.1 Å². The normalized spacial score (nSPS) is 16.6. The van der Waals surface area contributed by atoms with Gasteiger partial charge in [0.05, 0.1) is 0 Å². The summed E-state index contributed by atoms with van der Waals surface area (Å²) in [6, 6.07) is 6.14. The van der Waals surface area contributed by atoms with E-state index in [4.69, 9.17) is 4.74 Å². The third-order valence-electron chi connectivity index (χ3n) is 4.70. The van der Waals surface area contributed by atoms with Gasteiger partial charge in [-0.05, 0) is 43.4 Å². The fraction of sp³-hybridized carbons (Fsp3) is 0.600. The number of ether oxygens (including phenoxy) is 1. The van der Waals surface area contributed by atoms with Crippen LogP contribution >= 0.6 is 0 Å². The molecule has 5 heteroatoms. The van der Waals surface area contributed by atoms with E-state index >= 15 is 0 Å². The minimum absolute atomic E-state index is 0.0124. The van der Waals surface area contributed by atoms with Crippen molar-refractivity contribution in [2.75, 3.05) is 26.2 Å². The molecule has 1 aliphatic rings. The van der Waals surface area contributed by atoms with E-state index in [1.807, 2.05) is 24.8 Å². The molecule has 0 radical (unpaired) electrons. The molecule has 1 saturated heterocycles. The van der Waals surface area contributed by atoms with Crippen molar-refractivity contribution in [1.82, 2.24) is 9.80 Å². The zero-order valence-corrected chi connectivity index (χ0v) is 16.0. The summed E-state index contributed by atoms with van der Waals surface area (Å²) in [5.74, 6) is 1.18. The van der Waals surface area contributed by atoms with Crippen molar-refractivity contribution in [3.8, 4) is 5.75 Å². The molecule has 1 aromatic carbocycles. The molecule has 1 aromatic rings. The molecule has 2 rings (SSSR count). The molecule has 25 heavy (non-hydrogen) atoms. The predicted octanol–water partition coefficient (Wildman–Crippen LogP) is 2.97. The fourth-order valence-electron chi connectivity index (χ4n) is 3.17. The van der Waals surface area contributed by atoms with Gasteiger partial charge in [0.1, 0.15) is 5.75 Å². The van der Waals surface area contributed by atoms with E-state index in [-0.39, 0.29) is 11.8 Å². The molecule has 0 unspecified atom stereocenters. The van der Waals surface area contributed by atoms with Crippen LogP contribution in [0.15, 0.2) is 18.2 Å². The Kier molecular flexibility index (Phi) is 6.45. The van der Waals surface area contributed by atoms with Crippen LogP contribution in [0.4, 0.5) is 0 Å². The van der Waals surface area contributed by atoms with Gasteiger partial charge in [0.2, 0.25) is 5.91 Å². The first kappa shape index (κ1) is 19.3. The monoisotopic (exact) mass is 346 g/mol. The van der Waals surface area contributed by atoms with Gasteiger partial charge in [-0.2, -0.15) is 0 Å².